The van der Waals surface area contributed by atoms with Crippen LogP contribution in [0.5, 0.6) is 0 Å². The molecule has 0 unspecified atom stereocenters. The van der Waals surface area contributed by atoms with Crippen LogP contribution in [0.4, 0.5) is 13.2 Å². The molecule has 0 atom stereocenters. The van der Waals surface area contributed by atoms with Crippen LogP contribution in [0.3, 0.4) is 0 Å². The van der Waals surface area contributed by atoms with E-state index in [0.29, 0.717) is 18.4 Å². The molecule has 0 fully saturated rings. The van der Waals surface area contributed by atoms with Gasteiger partial charge in [-0.3, -0.25) is 4.79 Å². The van der Waals surface area contributed by atoms with Gasteiger partial charge in [0, 0.05) is 0 Å². The highest BCUT2D eigenvalue weighted by atomic mass is 19.4. The van der Waals surface area contributed by atoms with Crippen molar-refractivity contribution in [1.29, 1.82) is 0 Å². The van der Waals surface area contributed by atoms with E-state index < -0.39 is 23.1 Å². The Hall–Kier alpha value is -1.52. The van der Waals surface area contributed by atoms with Crippen LogP contribution in [0, 0.1) is 5.41 Å². The van der Waals surface area contributed by atoms with Crippen molar-refractivity contribution in [3.05, 3.63) is 35.4 Å². The first-order valence-electron chi connectivity index (χ1n) is 5.52. The van der Waals surface area contributed by atoms with Crippen molar-refractivity contribution >= 4 is 5.97 Å². The normalized spacial score (nSPS) is 12.5. The molecular formula is C13H15F3O2. The molecule has 0 bridgehead atoms. The Labute approximate surface area is 103 Å². The first-order chi connectivity index (χ1) is 8.13. The summed E-state index contributed by atoms with van der Waals surface area (Å²) in [5.74, 6) is -0.908. The summed E-state index contributed by atoms with van der Waals surface area (Å²) in [6.07, 6.45) is -3.51. The number of carboxylic acid groups (broad SMARTS) is 1. The molecule has 1 rings (SSSR count). The number of alkyl halides is 3. The largest absolute Gasteiger partial charge is 0.481 e. The standard InChI is InChI=1S/C13H15F3O2/c1-12(2,11(17)18)8-7-9-3-5-10(6-4-9)13(14,15)16/h3-6H,7-8H2,1-2H3,(H,17,18). The number of benzene rings is 1. The van der Waals surface area contributed by atoms with Crippen LogP contribution in [-0.2, 0) is 17.4 Å². The molecule has 1 aromatic rings. The number of aliphatic carboxylic acids is 1. The molecule has 0 aliphatic rings. The number of carbonyl (C=O) groups is 1. The molecule has 18 heavy (non-hydrogen) atoms. The van der Waals surface area contributed by atoms with Gasteiger partial charge in [0.2, 0.25) is 0 Å². The van der Waals surface area contributed by atoms with E-state index in [1.54, 1.807) is 13.8 Å². The lowest BCUT2D eigenvalue weighted by atomic mass is 9.86. The maximum absolute atomic E-state index is 12.3. The van der Waals surface area contributed by atoms with E-state index in [1.807, 2.05) is 0 Å². The van der Waals surface area contributed by atoms with Gasteiger partial charge in [-0.25, -0.2) is 0 Å². The predicted octanol–water partition coefficient (Wildman–Crippen LogP) is 3.75. The average molecular weight is 260 g/mol. The Morgan fingerprint density at radius 3 is 2.06 bits per heavy atom. The zero-order chi connectivity index (χ0) is 14.0. The lowest BCUT2D eigenvalue weighted by molar-refractivity contribution is -0.147. The van der Waals surface area contributed by atoms with Gasteiger partial charge in [0.1, 0.15) is 0 Å². The molecule has 0 saturated carbocycles. The topological polar surface area (TPSA) is 37.3 Å². The van der Waals surface area contributed by atoms with Crippen LogP contribution < -0.4 is 0 Å². The van der Waals surface area contributed by atoms with Gasteiger partial charge in [0.05, 0.1) is 11.0 Å². The second-order valence-electron chi connectivity index (χ2n) is 4.88. The number of hydrogen-bond donors (Lipinski definition) is 1. The van der Waals surface area contributed by atoms with Crippen molar-refractivity contribution < 1.29 is 23.1 Å². The minimum Gasteiger partial charge on any atom is -0.481 e. The third kappa shape index (κ3) is 3.75. The Kier molecular flexibility index (Phi) is 4.04. The lowest BCUT2D eigenvalue weighted by Crippen LogP contribution is -2.24. The highest BCUT2D eigenvalue weighted by molar-refractivity contribution is 5.73. The quantitative estimate of drug-likeness (QED) is 0.895. The van der Waals surface area contributed by atoms with E-state index in [9.17, 15) is 18.0 Å². The van der Waals surface area contributed by atoms with E-state index in [0.717, 1.165) is 12.1 Å². The van der Waals surface area contributed by atoms with Crippen molar-refractivity contribution in [1.82, 2.24) is 0 Å². The molecule has 5 heteroatoms. The fourth-order valence-electron chi connectivity index (χ4n) is 1.42. The van der Waals surface area contributed by atoms with Gasteiger partial charge >= 0.3 is 12.1 Å². The van der Waals surface area contributed by atoms with Crippen molar-refractivity contribution in [3.63, 3.8) is 0 Å². The van der Waals surface area contributed by atoms with E-state index >= 15 is 0 Å². The van der Waals surface area contributed by atoms with Gasteiger partial charge in [-0.05, 0) is 44.4 Å². The second-order valence-corrected chi connectivity index (χ2v) is 4.88. The Morgan fingerprint density at radius 2 is 1.67 bits per heavy atom. The third-order valence-corrected chi connectivity index (χ3v) is 2.90. The van der Waals surface area contributed by atoms with Crippen LogP contribution in [0.2, 0.25) is 0 Å². The SMILES string of the molecule is CC(C)(CCc1ccc(C(F)(F)F)cc1)C(=O)O. The zero-order valence-electron chi connectivity index (χ0n) is 10.2. The Morgan fingerprint density at radius 1 is 1.17 bits per heavy atom. The number of halogens is 3. The molecular weight excluding hydrogens is 245 g/mol. The summed E-state index contributed by atoms with van der Waals surface area (Å²) in [5.41, 5.74) is -0.857. The minimum absolute atomic E-state index is 0.383. The highest BCUT2D eigenvalue weighted by Gasteiger charge is 2.30. The highest BCUT2D eigenvalue weighted by Crippen LogP contribution is 2.30. The summed E-state index contributed by atoms with van der Waals surface area (Å²) in [6.45, 7) is 3.19. The Bertz CT molecular complexity index is 419. The molecule has 0 heterocycles. The molecule has 0 aliphatic carbocycles. The maximum Gasteiger partial charge on any atom is 0.416 e. The fourth-order valence-corrected chi connectivity index (χ4v) is 1.42. The molecule has 2 nitrogen and oxygen atoms in total. The number of hydrogen-bond acceptors (Lipinski definition) is 1. The summed E-state index contributed by atoms with van der Waals surface area (Å²) < 4.78 is 37.0. The first kappa shape index (κ1) is 14.5. The second kappa shape index (κ2) is 5.00. The molecule has 0 aliphatic heterocycles. The van der Waals surface area contributed by atoms with Gasteiger partial charge in [0.15, 0.2) is 0 Å². The number of aryl methyl sites for hydroxylation is 1. The van der Waals surface area contributed by atoms with Crippen molar-refractivity contribution in [2.75, 3.05) is 0 Å². The molecule has 0 spiro atoms. The average Bonchev–Trinajstić information content (AvgIpc) is 2.25. The van der Waals surface area contributed by atoms with Crippen molar-refractivity contribution in [2.45, 2.75) is 32.9 Å². The van der Waals surface area contributed by atoms with Gasteiger partial charge < -0.3 is 5.11 Å². The van der Waals surface area contributed by atoms with Crippen LogP contribution in [0.15, 0.2) is 24.3 Å². The maximum atomic E-state index is 12.3. The van der Waals surface area contributed by atoms with E-state index in [4.69, 9.17) is 5.11 Å². The van der Waals surface area contributed by atoms with Crippen LogP contribution in [-0.4, -0.2) is 11.1 Å². The first-order valence-corrected chi connectivity index (χ1v) is 5.52. The zero-order valence-corrected chi connectivity index (χ0v) is 10.2. The summed E-state index contributed by atoms with van der Waals surface area (Å²) in [5, 5.41) is 8.92. The van der Waals surface area contributed by atoms with Crippen LogP contribution >= 0.6 is 0 Å². The summed E-state index contributed by atoms with van der Waals surface area (Å²) in [6, 6.07) is 4.81. The van der Waals surface area contributed by atoms with Crippen LogP contribution in [0.25, 0.3) is 0 Å². The van der Waals surface area contributed by atoms with Crippen molar-refractivity contribution in [3.8, 4) is 0 Å². The molecule has 1 aromatic carbocycles. The van der Waals surface area contributed by atoms with Gasteiger partial charge in [-0.2, -0.15) is 13.2 Å². The number of rotatable bonds is 4. The molecule has 0 radical (unpaired) electrons. The van der Waals surface area contributed by atoms with E-state index in [1.165, 1.54) is 12.1 Å². The van der Waals surface area contributed by atoms with Crippen molar-refractivity contribution in [2.24, 2.45) is 5.41 Å². The molecule has 1 N–H and O–H groups in total. The van der Waals surface area contributed by atoms with Crippen LogP contribution in [0.1, 0.15) is 31.4 Å². The molecule has 100 valence electrons. The van der Waals surface area contributed by atoms with Gasteiger partial charge in [0.25, 0.3) is 0 Å². The van der Waals surface area contributed by atoms with E-state index in [2.05, 4.69) is 0 Å². The minimum atomic E-state index is -4.33. The third-order valence-electron chi connectivity index (χ3n) is 2.90. The summed E-state index contributed by atoms with van der Waals surface area (Å²) in [4.78, 5) is 10.9. The summed E-state index contributed by atoms with van der Waals surface area (Å²) in [7, 11) is 0. The van der Waals surface area contributed by atoms with Gasteiger partial charge in [-0.1, -0.05) is 12.1 Å². The monoisotopic (exact) mass is 260 g/mol. The predicted molar refractivity (Wildman–Crippen MR) is 61.2 cm³/mol. The number of carboxylic acids is 1. The van der Waals surface area contributed by atoms with Gasteiger partial charge in [-0.15, -0.1) is 0 Å². The molecule has 0 saturated heterocycles. The smallest absolute Gasteiger partial charge is 0.416 e. The van der Waals surface area contributed by atoms with E-state index in [-0.39, 0.29) is 0 Å². The molecule has 0 aromatic heterocycles. The Balaban J connectivity index is 2.68. The fraction of sp³-hybridized carbons (Fsp3) is 0.462. The summed E-state index contributed by atoms with van der Waals surface area (Å²) >= 11 is 0. The lowest BCUT2D eigenvalue weighted by Gasteiger charge is -2.18. The molecule has 0 amide bonds.